The van der Waals surface area contributed by atoms with E-state index in [1.807, 2.05) is 0 Å². The van der Waals surface area contributed by atoms with Gasteiger partial charge in [0.05, 0.1) is 17.7 Å². The van der Waals surface area contributed by atoms with Crippen molar-refractivity contribution in [1.82, 2.24) is 5.32 Å². The molecule has 2 rings (SSSR count). The summed E-state index contributed by atoms with van der Waals surface area (Å²) in [6.45, 7) is 1.43. The van der Waals surface area contributed by atoms with Gasteiger partial charge in [0.1, 0.15) is 5.82 Å². The molecule has 5 heteroatoms. The molecule has 1 saturated carbocycles. The average molecular weight is 238 g/mol. The second-order valence-electron chi connectivity index (χ2n) is 4.59. The molecule has 0 spiro atoms. The monoisotopic (exact) mass is 238 g/mol. The Morgan fingerprint density at radius 2 is 2.24 bits per heavy atom. The topological polar surface area (TPSA) is 75.4 Å². The van der Waals surface area contributed by atoms with Gasteiger partial charge in [-0.1, -0.05) is 0 Å². The fraction of sp³-hybridized carbons (Fsp3) is 0.417. The quantitative estimate of drug-likeness (QED) is 0.687. The van der Waals surface area contributed by atoms with Crippen LogP contribution in [0.4, 0.5) is 10.1 Å². The molecular weight excluding hydrogens is 223 g/mol. The molecule has 17 heavy (non-hydrogen) atoms. The highest BCUT2D eigenvalue weighted by Gasteiger charge is 2.43. The maximum atomic E-state index is 13.8. The number of hydrogen-bond acceptors (Lipinski definition) is 3. The van der Waals surface area contributed by atoms with Gasteiger partial charge in [-0.05, 0) is 37.5 Å². The first kappa shape index (κ1) is 11.9. The van der Waals surface area contributed by atoms with E-state index in [-0.39, 0.29) is 12.2 Å². The van der Waals surface area contributed by atoms with Gasteiger partial charge in [0.2, 0.25) is 0 Å². The summed E-state index contributed by atoms with van der Waals surface area (Å²) in [5, 5.41) is 11.7. The number of rotatable bonds is 3. The summed E-state index contributed by atoms with van der Waals surface area (Å²) >= 11 is 0. The van der Waals surface area contributed by atoms with Gasteiger partial charge < -0.3 is 16.2 Å². The maximum absolute atomic E-state index is 13.8. The standard InChI is InChI=1S/C12H15FN2O2/c1-7-4-8(14)5-9(10(7)13)11(17)15-12(6-16)2-3-12/h4-5,16H,2-3,6,14H2,1H3,(H,15,17). The van der Waals surface area contributed by atoms with Crippen LogP contribution in [-0.4, -0.2) is 23.2 Å². The summed E-state index contributed by atoms with van der Waals surface area (Å²) in [6, 6.07) is 2.79. The summed E-state index contributed by atoms with van der Waals surface area (Å²) in [4.78, 5) is 11.9. The largest absolute Gasteiger partial charge is 0.399 e. The molecule has 0 atom stereocenters. The summed E-state index contributed by atoms with van der Waals surface area (Å²) in [7, 11) is 0. The van der Waals surface area contributed by atoms with Crippen molar-refractivity contribution in [2.24, 2.45) is 0 Å². The molecule has 0 heterocycles. The smallest absolute Gasteiger partial charge is 0.254 e. The molecule has 0 unspecified atom stereocenters. The van der Waals surface area contributed by atoms with Gasteiger partial charge in [-0.3, -0.25) is 4.79 Å². The van der Waals surface area contributed by atoms with E-state index in [0.29, 0.717) is 11.3 Å². The fourth-order valence-electron chi connectivity index (χ4n) is 1.74. The van der Waals surface area contributed by atoms with Crippen molar-refractivity contribution in [3.63, 3.8) is 0 Å². The third-order valence-corrected chi connectivity index (χ3v) is 3.06. The number of aliphatic hydroxyl groups excluding tert-OH is 1. The normalized spacial score (nSPS) is 16.6. The molecule has 1 aromatic rings. The first-order chi connectivity index (χ1) is 7.97. The predicted octanol–water partition coefficient (Wildman–Crippen LogP) is 0.971. The lowest BCUT2D eigenvalue weighted by molar-refractivity contribution is 0.0902. The minimum atomic E-state index is -0.564. The Balaban J connectivity index is 2.25. The Kier molecular flexibility index (Phi) is 2.79. The third kappa shape index (κ3) is 2.24. The number of aliphatic hydroxyl groups is 1. The van der Waals surface area contributed by atoms with E-state index in [4.69, 9.17) is 10.8 Å². The van der Waals surface area contributed by atoms with Crippen molar-refractivity contribution in [2.75, 3.05) is 12.3 Å². The average Bonchev–Trinajstić information content (AvgIpc) is 3.03. The number of carbonyl (C=O) groups excluding carboxylic acids is 1. The second-order valence-corrected chi connectivity index (χ2v) is 4.59. The molecule has 0 bridgehead atoms. The highest BCUT2D eigenvalue weighted by atomic mass is 19.1. The van der Waals surface area contributed by atoms with Crippen LogP contribution in [-0.2, 0) is 0 Å². The van der Waals surface area contributed by atoms with E-state index in [9.17, 15) is 9.18 Å². The third-order valence-electron chi connectivity index (χ3n) is 3.06. The molecule has 0 aromatic heterocycles. The van der Waals surface area contributed by atoms with E-state index >= 15 is 0 Å². The Morgan fingerprint density at radius 3 is 2.76 bits per heavy atom. The molecule has 0 radical (unpaired) electrons. The van der Waals surface area contributed by atoms with Crippen LogP contribution in [0.2, 0.25) is 0 Å². The van der Waals surface area contributed by atoms with Crippen molar-refractivity contribution >= 4 is 11.6 Å². The van der Waals surface area contributed by atoms with Crippen molar-refractivity contribution in [2.45, 2.75) is 25.3 Å². The summed E-state index contributed by atoms with van der Waals surface area (Å²) in [5.41, 5.74) is 5.65. The van der Waals surface area contributed by atoms with Crippen LogP contribution in [0.3, 0.4) is 0 Å². The molecule has 1 aromatic carbocycles. The van der Waals surface area contributed by atoms with Gasteiger partial charge in [-0.25, -0.2) is 4.39 Å². The van der Waals surface area contributed by atoms with Gasteiger partial charge >= 0.3 is 0 Å². The molecular formula is C12H15FN2O2. The first-order valence-corrected chi connectivity index (χ1v) is 5.46. The van der Waals surface area contributed by atoms with Gasteiger partial charge in [0.25, 0.3) is 5.91 Å². The van der Waals surface area contributed by atoms with Crippen LogP contribution in [0, 0.1) is 12.7 Å². The lowest BCUT2D eigenvalue weighted by Crippen LogP contribution is -2.40. The minimum absolute atomic E-state index is 0.0674. The second kappa shape index (κ2) is 4.00. The van der Waals surface area contributed by atoms with Crippen molar-refractivity contribution in [3.05, 3.63) is 29.1 Å². The summed E-state index contributed by atoms with van der Waals surface area (Å²) in [5.74, 6) is -1.09. The molecule has 1 amide bonds. The van der Waals surface area contributed by atoms with Crippen molar-refractivity contribution < 1.29 is 14.3 Å². The molecule has 1 aliphatic carbocycles. The summed E-state index contributed by atoms with van der Waals surface area (Å²) in [6.07, 6.45) is 1.44. The molecule has 1 aliphatic rings. The Hall–Kier alpha value is -1.62. The number of hydrogen-bond donors (Lipinski definition) is 3. The van der Waals surface area contributed by atoms with E-state index in [1.165, 1.54) is 12.1 Å². The minimum Gasteiger partial charge on any atom is -0.399 e. The van der Waals surface area contributed by atoms with Crippen LogP contribution in [0.15, 0.2) is 12.1 Å². The van der Waals surface area contributed by atoms with Crippen molar-refractivity contribution in [1.29, 1.82) is 0 Å². The lowest BCUT2D eigenvalue weighted by Gasteiger charge is -2.15. The highest BCUT2D eigenvalue weighted by molar-refractivity contribution is 5.96. The van der Waals surface area contributed by atoms with Gasteiger partial charge in [0.15, 0.2) is 0 Å². The number of nitrogen functional groups attached to an aromatic ring is 1. The zero-order chi connectivity index (χ0) is 12.6. The predicted molar refractivity (Wildman–Crippen MR) is 62.1 cm³/mol. The number of carbonyl (C=O) groups is 1. The Morgan fingerprint density at radius 1 is 1.59 bits per heavy atom. The Bertz CT molecular complexity index is 470. The molecule has 1 fully saturated rings. The molecule has 4 N–H and O–H groups in total. The molecule has 0 aliphatic heterocycles. The zero-order valence-electron chi connectivity index (χ0n) is 9.59. The SMILES string of the molecule is Cc1cc(N)cc(C(=O)NC2(CO)CC2)c1F. The first-order valence-electron chi connectivity index (χ1n) is 5.46. The number of benzene rings is 1. The van der Waals surface area contributed by atoms with Crippen LogP contribution >= 0.6 is 0 Å². The number of halogens is 1. The maximum Gasteiger partial charge on any atom is 0.254 e. The molecule has 4 nitrogen and oxygen atoms in total. The number of aryl methyl sites for hydroxylation is 1. The van der Waals surface area contributed by atoms with E-state index in [0.717, 1.165) is 12.8 Å². The number of nitrogens with two attached hydrogens (primary N) is 1. The van der Waals surface area contributed by atoms with Crippen LogP contribution < -0.4 is 11.1 Å². The van der Waals surface area contributed by atoms with E-state index < -0.39 is 17.3 Å². The zero-order valence-corrected chi connectivity index (χ0v) is 9.59. The molecule has 0 saturated heterocycles. The van der Waals surface area contributed by atoms with Crippen LogP contribution in [0.25, 0.3) is 0 Å². The van der Waals surface area contributed by atoms with Crippen LogP contribution in [0.1, 0.15) is 28.8 Å². The number of amides is 1. The summed E-state index contributed by atoms with van der Waals surface area (Å²) < 4.78 is 13.8. The van der Waals surface area contributed by atoms with Gasteiger partial charge in [-0.15, -0.1) is 0 Å². The van der Waals surface area contributed by atoms with Gasteiger partial charge in [-0.2, -0.15) is 0 Å². The fourth-order valence-corrected chi connectivity index (χ4v) is 1.74. The molecule has 92 valence electrons. The number of nitrogens with one attached hydrogen (secondary N) is 1. The van der Waals surface area contributed by atoms with E-state index in [2.05, 4.69) is 5.32 Å². The number of anilines is 1. The van der Waals surface area contributed by atoms with Crippen LogP contribution in [0.5, 0.6) is 0 Å². The van der Waals surface area contributed by atoms with Crippen molar-refractivity contribution in [3.8, 4) is 0 Å². The Labute approximate surface area is 98.6 Å². The van der Waals surface area contributed by atoms with Gasteiger partial charge in [0, 0.05) is 5.69 Å². The lowest BCUT2D eigenvalue weighted by atomic mass is 10.1. The highest BCUT2D eigenvalue weighted by Crippen LogP contribution is 2.35. The van der Waals surface area contributed by atoms with E-state index in [1.54, 1.807) is 6.92 Å².